The summed E-state index contributed by atoms with van der Waals surface area (Å²) in [7, 11) is 2.03. The molecule has 2 saturated carbocycles. The molecule has 2 fully saturated rings. The van der Waals surface area contributed by atoms with Gasteiger partial charge in [-0.1, -0.05) is 52.4 Å². The summed E-state index contributed by atoms with van der Waals surface area (Å²) in [5, 5.41) is 0. The summed E-state index contributed by atoms with van der Waals surface area (Å²) in [5.41, 5.74) is 1.59. The van der Waals surface area contributed by atoms with E-state index in [1.54, 1.807) is 5.71 Å². The maximum Gasteiger partial charge on any atom is 0.0276 e. The minimum Gasteiger partial charge on any atom is -0.297 e. The van der Waals surface area contributed by atoms with Gasteiger partial charge in [-0.05, 0) is 37.5 Å². The number of aliphatic imine (C=N–C) groups is 1. The topological polar surface area (TPSA) is 12.4 Å². The minimum absolute atomic E-state index is 0.854. The first kappa shape index (κ1) is 14.7. The van der Waals surface area contributed by atoms with Crippen LogP contribution in [0.2, 0.25) is 0 Å². The first-order valence-electron chi connectivity index (χ1n) is 7.88. The molecule has 0 aromatic heterocycles. The lowest BCUT2D eigenvalue weighted by Gasteiger charge is -2.31. The molecule has 0 aliphatic heterocycles. The van der Waals surface area contributed by atoms with Crippen LogP contribution >= 0.6 is 0 Å². The molecule has 2 aliphatic carbocycles. The predicted octanol–water partition coefficient (Wildman–Crippen LogP) is 5.24. The fourth-order valence-electron chi connectivity index (χ4n) is 3.50. The molecule has 2 rings (SSSR count). The third-order valence-corrected chi connectivity index (χ3v) is 4.31. The molecule has 1 heteroatoms. The van der Waals surface area contributed by atoms with E-state index in [2.05, 4.69) is 4.99 Å². The van der Waals surface area contributed by atoms with Crippen LogP contribution in [0.25, 0.3) is 0 Å². The van der Waals surface area contributed by atoms with Crippen molar-refractivity contribution in [3.8, 4) is 0 Å². The number of nitrogens with zero attached hydrogens (tertiary/aromatic N) is 1. The third-order valence-electron chi connectivity index (χ3n) is 4.31. The van der Waals surface area contributed by atoms with E-state index >= 15 is 0 Å². The lowest BCUT2D eigenvalue weighted by molar-refractivity contribution is 0.387. The second-order valence-electron chi connectivity index (χ2n) is 5.32. The van der Waals surface area contributed by atoms with Gasteiger partial charge in [0.25, 0.3) is 0 Å². The summed E-state index contributed by atoms with van der Waals surface area (Å²) in [6.45, 7) is 4.00. The molecule has 0 radical (unpaired) electrons. The Bertz CT molecular complexity index is 188. The third kappa shape index (κ3) is 4.44. The Balaban J connectivity index is 0.000000686. The van der Waals surface area contributed by atoms with Crippen molar-refractivity contribution in [2.24, 2.45) is 16.8 Å². The van der Waals surface area contributed by atoms with Gasteiger partial charge >= 0.3 is 0 Å². The largest absolute Gasteiger partial charge is 0.297 e. The number of hydrogen-bond acceptors (Lipinski definition) is 1. The molecule has 2 aliphatic rings. The number of hydrogen-bond donors (Lipinski definition) is 0. The fraction of sp³-hybridized carbons (Fsp3) is 0.938. The summed E-state index contributed by atoms with van der Waals surface area (Å²) in [6.07, 6.45) is 14.4. The van der Waals surface area contributed by atoms with E-state index in [1.807, 2.05) is 20.9 Å². The Morgan fingerprint density at radius 1 is 0.706 bits per heavy atom. The molecule has 1 nitrogen and oxygen atoms in total. The van der Waals surface area contributed by atoms with Crippen LogP contribution in [0, 0.1) is 11.8 Å². The average Bonchev–Trinajstić information content (AvgIpc) is 2.44. The molecular formula is C16H31N. The Morgan fingerprint density at radius 2 is 1.06 bits per heavy atom. The molecule has 100 valence electrons. The van der Waals surface area contributed by atoms with E-state index in [9.17, 15) is 0 Å². The van der Waals surface area contributed by atoms with Gasteiger partial charge in [-0.15, -0.1) is 0 Å². The first-order chi connectivity index (χ1) is 8.42. The zero-order valence-corrected chi connectivity index (χ0v) is 12.2. The Hall–Kier alpha value is -0.330. The Kier molecular flexibility index (Phi) is 7.55. The van der Waals surface area contributed by atoms with E-state index in [1.165, 1.54) is 64.2 Å². The van der Waals surface area contributed by atoms with Crippen molar-refractivity contribution in [3.05, 3.63) is 0 Å². The van der Waals surface area contributed by atoms with Gasteiger partial charge in [-0.3, -0.25) is 4.99 Å². The van der Waals surface area contributed by atoms with E-state index < -0.39 is 0 Å². The second-order valence-corrected chi connectivity index (χ2v) is 5.32. The highest BCUT2D eigenvalue weighted by Crippen LogP contribution is 2.33. The van der Waals surface area contributed by atoms with Crippen LogP contribution in [-0.2, 0) is 0 Å². The molecule has 0 N–H and O–H groups in total. The summed E-state index contributed by atoms with van der Waals surface area (Å²) < 4.78 is 0. The van der Waals surface area contributed by atoms with Crippen LogP contribution in [-0.4, -0.2) is 12.8 Å². The lowest BCUT2D eigenvalue weighted by Crippen LogP contribution is -2.27. The molecular weight excluding hydrogens is 206 g/mol. The standard InChI is InChI=1S/C14H25N.C2H6/c1-15-14(12-8-4-2-5-9-12)13-10-6-3-7-11-13;1-2/h12-13H,2-11H2,1H3;1-2H3. The quantitative estimate of drug-likeness (QED) is 0.582. The van der Waals surface area contributed by atoms with Gasteiger partial charge in [0.05, 0.1) is 0 Å². The van der Waals surface area contributed by atoms with Crippen molar-refractivity contribution in [1.29, 1.82) is 0 Å². The van der Waals surface area contributed by atoms with Crippen molar-refractivity contribution in [2.75, 3.05) is 7.05 Å². The Labute approximate surface area is 108 Å². The van der Waals surface area contributed by atoms with E-state index in [0.717, 1.165) is 11.8 Å². The lowest BCUT2D eigenvalue weighted by atomic mass is 9.76. The molecule has 0 saturated heterocycles. The summed E-state index contributed by atoms with van der Waals surface area (Å²) in [4.78, 5) is 4.65. The van der Waals surface area contributed by atoms with Gasteiger partial charge in [0.15, 0.2) is 0 Å². The molecule has 0 heterocycles. The highest BCUT2D eigenvalue weighted by atomic mass is 14.7. The van der Waals surface area contributed by atoms with Crippen LogP contribution in [0.15, 0.2) is 4.99 Å². The van der Waals surface area contributed by atoms with Crippen LogP contribution in [0.4, 0.5) is 0 Å². The highest BCUT2D eigenvalue weighted by molar-refractivity contribution is 5.89. The second kappa shape index (κ2) is 8.72. The molecule has 0 amide bonds. The molecule has 0 spiro atoms. The van der Waals surface area contributed by atoms with E-state index in [0.29, 0.717) is 0 Å². The molecule has 0 atom stereocenters. The molecule has 17 heavy (non-hydrogen) atoms. The van der Waals surface area contributed by atoms with Gasteiger partial charge in [0.2, 0.25) is 0 Å². The Morgan fingerprint density at radius 3 is 1.35 bits per heavy atom. The first-order valence-corrected chi connectivity index (χ1v) is 7.88. The van der Waals surface area contributed by atoms with Crippen LogP contribution in [0.3, 0.4) is 0 Å². The SMILES string of the molecule is CC.CN=C(C1CCCCC1)C1CCCCC1. The van der Waals surface area contributed by atoms with E-state index in [4.69, 9.17) is 0 Å². The van der Waals surface area contributed by atoms with Gasteiger partial charge in [-0.25, -0.2) is 0 Å². The van der Waals surface area contributed by atoms with Crippen molar-refractivity contribution in [3.63, 3.8) is 0 Å². The highest BCUT2D eigenvalue weighted by Gasteiger charge is 2.26. The minimum atomic E-state index is 0.854. The number of rotatable bonds is 2. The average molecular weight is 237 g/mol. The molecule has 0 aromatic carbocycles. The van der Waals surface area contributed by atoms with Crippen LogP contribution in [0.1, 0.15) is 78.1 Å². The molecule has 0 bridgehead atoms. The maximum atomic E-state index is 4.65. The van der Waals surface area contributed by atoms with Gasteiger partial charge in [0, 0.05) is 12.8 Å². The summed E-state index contributed by atoms with van der Waals surface area (Å²) in [6, 6.07) is 0. The summed E-state index contributed by atoms with van der Waals surface area (Å²) in [5.74, 6) is 1.71. The van der Waals surface area contributed by atoms with Crippen molar-refractivity contribution >= 4 is 5.71 Å². The van der Waals surface area contributed by atoms with E-state index in [-0.39, 0.29) is 0 Å². The van der Waals surface area contributed by atoms with Gasteiger partial charge < -0.3 is 0 Å². The zero-order chi connectivity index (χ0) is 12.5. The fourth-order valence-corrected chi connectivity index (χ4v) is 3.50. The monoisotopic (exact) mass is 237 g/mol. The van der Waals surface area contributed by atoms with Crippen LogP contribution in [0.5, 0.6) is 0 Å². The maximum absolute atomic E-state index is 4.65. The normalized spacial score (nSPS) is 22.5. The van der Waals surface area contributed by atoms with Crippen molar-refractivity contribution < 1.29 is 0 Å². The summed E-state index contributed by atoms with van der Waals surface area (Å²) >= 11 is 0. The van der Waals surface area contributed by atoms with Crippen molar-refractivity contribution in [2.45, 2.75) is 78.1 Å². The van der Waals surface area contributed by atoms with Gasteiger partial charge in [-0.2, -0.15) is 0 Å². The predicted molar refractivity (Wildman–Crippen MR) is 77.9 cm³/mol. The van der Waals surface area contributed by atoms with Crippen molar-refractivity contribution in [1.82, 2.24) is 0 Å². The molecule has 0 aromatic rings. The molecule has 0 unspecified atom stereocenters. The zero-order valence-electron chi connectivity index (χ0n) is 12.2. The van der Waals surface area contributed by atoms with Gasteiger partial charge in [0.1, 0.15) is 0 Å². The smallest absolute Gasteiger partial charge is 0.0276 e. The van der Waals surface area contributed by atoms with Crippen LogP contribution < -0.4 is 0 Å².